The summed E-state index contributed by atoms with van der Waals surface area (Å²) in [6.07, 6.45) is 1.75. The first-order valence-corrected chi connectivity index (χ1v) is 5.01. The highest BCUT2D eigenvalue weighted by Gasteiger charge is 2.07. The summed E-state index contributed by atoms with van der Waals surface area (Å²) >= 11 is 7.37. The molecule has 0 unspecified atom stereocenters. The molecule has 0 aliphatic rings. The van der Waals surface area contributed by atoms with Crippen molar-refractivity contribution in [3.05, 3.63) is 34.4 Å². The first-order chi connectivity index (χ1) is 6.27. The van der Waals surface area contributed by atoms with Crippen molar-refractivity contribution in [2.24, 2.45) is 0 Å². The van der Waals surface area contributed by atoms with Crippen molar-refractivity contribution in [1.29, 1.82) is 0 Å². The minimum atomic E-state index is 0.737. The zero-order valence-electron chi connectivity index (χ0n) is 6.99. The molecule has 0 saturated heterocycles. The molecular weight excluding hydrogens is 204 g/mol. The summed E-state index contributed by atoms with van der Waals surface area (Å²) in [4.78, 5) is 8.50. The molecule has 2 rings (SSSR count). The van der Waals surface area contributed by atoms with Crippen LogP contribution < -0.4 is 0 Å². The van der Waals surface area contributed by atoms with E-state index >= 15 is 0 Å². The van der Waals surface area contributed by atoms with Crippen LogP contribution in [-0.2, 0) is 0 Å². The highest BCUT2D eigenvalue weighted by atomic mass is 35.5. The van der Waals surface area contributed by atoms with Crippen LogP contribution in [0.2, 0.25) is 4.34 Å². The van der Waals surface area contributed by atoms with Crippen molar-refractivity contribution in [1.82, 2.24) is 9.97 Å². The first kappa shape index (κ1) is 8.66. The van der Waals surface area contributed by atoms with Gasteiger partial charge < -0.3 is 0 Å². The van der Waals surface area contributed by atoms with E-state index in [0.29, 0.717) is 0 Å². The molecule has 0 N–H and O–H groups in total. The molecule has 0 atom stereocenters. The number of aromatic nitrogens is 2. The van der Waals surface area contributed by atoms with E-state index < -0.39 is 0 Å². The van der Waals surface area contributed by atoms with Crippen LogP contribution in [0.5, 0.6) is 0 Å². The fourth-order valence-corrected chi connectivity index (χ4v) is 2.01. The van der Waals surface area contributed by atoms with Gasteiger partial charge >= 0.3 is 0 Å². The third-order valence-corrected chi connectivity index (χ3v) is 3.10. The highest BCUT2D eigenvalue weighted by Crippen LogP contribution is 2.29. The van der Waals surface area contributed by atoms with Crippen LogP contribution in [0.25, 0.3) is 10.7 Å². The predicted molar refractivity (Wildman–Crippen MR) is 55.1 cm³/mol. The summed E-state index contributed by atoms with van der Waals surface area (Å²) in [5.41, 5.74) is 1.75. The van der Waals surface area contributed by atoms with Gasteiger partial charge in [-0.05, 0) is 19.1 Å². The number of thiazole rings is 1. The zero-order valence-corrected chi connectivity index (χ0v) is 8.56. The second-order valence-corrected chi connectivity index (χ2v) is 4.19. The Balaban J connectivity index is 2.48. The molecule has 0 radical (unpaired) electrons. The van der Waals surface area contributed by atoms with Crippen LogP contribution in [0.15, 0.2) is 24.4 Å². The Bertz CT molecular complexity index is 391. The highest BCUT2D eigenvalue weighted by molar-refractivity contribution is 7.19. The summed E-state index contributed by atoms with van der Waals surface area (Å²) in [7, 11) is 0. The lowest BCUT2D eigenvalue weighted by Crippen LogP contribution is -1.80. The van der Waals surface area contributed by atoms with Crippen molar-refractivity contribution in [2.45, 2.75) is 6.92 Å². The number of hydrogen-bond donors (Lipinski definition) is 0. The van der Waals surface area contributed by atoms with Crippen LogP contribution in [0.1, 0.15) is 5.69 Å². The maximum atomic E-state index is 5.91. The number of hydrogen-bond acceptors (Lipinski definition) is 3. The monoisotopic (exact) mass is 210 g/mol. The van der Waals surface area contributed by atoms with E-state index in [1.807, 2.05) is 25.1 Å². The molecule has 0 aliphatic heterocycles. The standard InChI is InChI=1S/C9H7ClN2S/c1-6-8(10)13-9(12-6)7-4-2-3-5-11-7/h2-5H,1H3. The second-order valence-electron chi connectivity index (χ2n) is 2.59. The first-order valence-electron chi connectivity index (χ1n) is 3.81. The van der Waals surface area contributed by atoms with E-state index in [-0.39, 0.29) is 0 Å². The van der Waals surface area contributed by atoms with Gasteiger partial charge in [-0.3, -0.25) is 4.98 Å². The Morgan fingerprint density at radius 2 is 2.23 bits per heavy atom. The smallest absolute Gasteiger partial charge is 0.143 e. The molecule has 2 aromatic heterocycles. The van der Waals surface area contributed by atoms with Crippen LogP contribution in [0.4, 0.5) is 0 Å². The minimum absolute atomic E-state index is 0.737. The Morgan fingerprint density at radius 3 is 2.77 bits per heavy atom. The lowest BCUT2D eigenvalue weighted by molar-refractivity contribution is 1.23. The molecule has 0 bridgehead atoms. The van der Waals surface area contributed by atoms with E-state index in [9.17, 15) is 0 Å². The SMILES string of the molecule is Cc1nc(-c2ccccn2)sc1Cl. The Labute approximate surface area is 85.2 Å². The molecule has 0 aromatic carbocycles. The number of nitrogens with zero attached hydrogens (tertiary/aromatic N) is 2. The van der Waals surface area contributed by atoms with Crippen LogP contribution in [-0.4, -0.2) is 9.97 Å². The lowest BCUT2D eigenvalue weighted by Gasteiger charge is -1.91. The van der Waals surface area contributed by atoms with Gasteiger partial charge in [0.1, 0.15) is 9.34 Å². The fraction of sp³-hybridized carbons (Fsp3) is 0.111. The minimum Gasteiger partial charge on any atom is -0.254 e. The molecule has 4 heteroatoms. The van der Waals surface area contributed by atoms with Crippen molar-refractivity contribution >= 4 is 22.9 Å². The molecule has 0 aliphatic carbocycles. The van der Waals surface area contributed by atoms with Crippen molar-refractivity contribution in [3.8, 4) is 10.7 Å². The number of pyridine rings is 1. The fourth-order valence-electron chi connectivity index (χ4n) is 0.977. The van der Waals surface area contributed by atoms with Gasteiger partial charge in [0.25, 0.3) is 0 Å². The molecule has 0 spiro atoms. The number of rotatable bonds is 1. The van der Waals surface area contributed by atoms with Gasteiger partial charge in [0, 0.05) is 6.20 Å². The molecule has 0 fully saturated rings. The number of halogens is 1. The maximum absolute atomic E-state index is 5.91. The Kier molecular flexibility index (Phi) is 2.29. The van der Waals surface area contributed by atoms with Gasteiger partial charge in [-0.2, -0.15) is 0 Å². The molecule has 2 heterocycles. The second kappa shape index (κ2) is 3.44. The predicted octanol–water partition coefficient (Wildman–Crippen LogP) is 3.17. The average Bonchev–Trinajstić information content (AvgIpc) is 2.49. The van der Waals surface area contributed by atoms with Gasteiger partial charge in [0.15, 0.2) is 0 Å². The van der Waals surface area contributed by atoms with E-state index in [1.54, 1.807) is 6.20 Å². The van der Waals surface area contributed by atoms with Crippen molar-refractivity contribution in [3.63, 3.8) is 0 Å². The maximum Gasteiger partial charge on any atom is 0.143 e. The topological polar surface area (TPSA) is 25.8 Å². The molecule has 2 aromatic rings. The third-order valence-electron chi connectivity index (χ3n) is 1.62. The molecule has 2 nitrogen and oxygen atoms in total. The normalized spacial score (nSPS) is 10.3. The largest absolute Gasteiger partial charge is 0.254 e. The number of aryl methyl sites for hydroxylation is 1. The van der Waals surface area contributed by atoms with E-state index in [0.717, 1.165) is 20.7 Å². The van der Waals surface area contributed by atoms with Crippen LogP contribution >= 0.6 is 22.9 Å². The Morgan fingerprint density at radius 1 is 1.38 bits per heavy atom. The van der Waals surface area contributed by atoms with E-state index in [4.69, 9.17) is 11.6 Å². The van der Waals surface area contributed by atoms with Crippen molar-refractivity contribution in [2.75, 3.05) is 0 Å². The van der Waals surface area contributed by atoms with Crippen LogP contribution in [0, 0.1) is 6.92 Å². The molecular formula is C9H7ClN2S. The van der Waals surface area contributed by atoms with Crippen molar-refractivity contribution < 1.29 is 0 Å². The summed E-state index contributed by atoms with van der Waals surface area (Å²) < 4.78 is 0.737. The average molecular weight is 211 g/mol. The Hall–Kier alpha value is -0.930. The van der Waals surface area contributed by atoms with Gasteiger partial charge in [-0.25, -0.2) is 4.98 Å². The van der Waals surface area contributed by atoms with Gasteiger partial charge in [0.05, 0.1) is 11.4 Å². The summed E-state index contributed by atoms with van der Waals surface area (Å²) in [5.74, 6) is 0. The van der Waals surface area contributed by atoms with Crippen LogP contribution in [0.3, 0.4) is 0 Å². The van der Waals surface area contributed by atoms with Gasteiger partial charge in [-0.15, -0.1) is 0 Å². The summed E-state index contributed by atoms with van der Waals surface area (Å²) in [6, 6.07) is 5.74. The van der Waals surface area contributed by atoms with E-state index in [2.05, 4.69) is 9.97 Å². The quantitative estimate of drug-likeness (QED) is 0.723. The molecule has 0 amide bonds. The molecule has 66 valence electrons. The molecule has 13 heavy (non-hydrogen) atoms. The molecule has 0 saturated carbocycles. The summed E-state index contributed by atoms with van der Waals surface area (Å²) in [5, 5.41) is 0.878. The third kappa shape index (κ3) is 1.71. The van der Waals surface area contributed by atoms with E-state index in [1.165, 1.54) is 11.3 Å². The van der Waals surface area contributed by atoms with Gasteiger partial charge in [-0.1, -0.05) is 29.0 Å². The lowest BCUT2D eigenvalue weighted by atomic mass is 10.4. The van der Waals surface area contributed by atoms with Gasteiger partial charge in [0.2, 0.25) is 0 Å². The zero-order chi connectivity index (χ0) is 9.26. The summed E-state index contributed by atoms with van der Waals surface area (Å²) in [6.45, 7) is 1.89.